The number of rotatable bonds is 2. The van der Waals surface area contributed by atoms with Crippen LogP contribution in [0.3, 0.4) is 0 Å². The van der Waals surface area contributed by atoms with Crippen molar-refractivity contribution in [3.8, 4) is 0 Å². The summed E-state index contributed by atoms with van der Waals surface area (Å²) in [6.07, 6.45) is 1.98. The maximum Gasteiger partial charge on any atom is 0.207 e. The van der Waals surface area contributed by atoms with E-state index < -0.39 is 9.84 Å². The molecule has 0 radical (unpaired) electrons. The fraction of sp³-hybridized carbons (Fsp3) is 0.235. The van der Waals surface area contributed by atoms with Gasteiger partial charge >= 0.3 is 0 Å². The first-order valence-electron chi connectivity index (χ1n) is 6.97. The van der Waals surface area contributed by atoms with Crippen LogP contribution in [0.25, 0.3) is 0 Å². The van der Waals surface area contributed by atoms with Gasteiger partial charge in [-0.2, -0.15) is 0 Å². The summed E-state index contributed by atoms with van der Waals surface area (Å²) >= 11 is 0. The first-order chi connectivity index (χ1) is 10.00. The van der Waals surface area contributed by atoms with E-state index in [0.29, 0.717) is 12.0 Å². The zero-order valence-electron chi connectivity index (χ0n) is 11.8. The molecule has 0 aromatic heterocycles. The lowest BCUT2D eigenvalue weighted by Crippen LogP contribution is -2.17. The zero-order chi connectivity index (χ0) is 15.0. The summed E-state index contributed by atoms with van der Waals surface area (Å²) in [4.78, 5) is 12.6. The van der Waals surface area contributed by atoms with Crippen LogP contribution in [-0.4, -0.2) is 14.2 Å². The van der Waals surface area contributed by atoms with Crippen molar-refractivity contribution in [1.82, 2.24) is 0 Å². The van der Waals surface area contributed by atoms with Crippen LogP contribution in [0, 0.1) is 6.92 Å². The fourth-order valence-corrected chi connectivity index (χ4v) is 4.47. The second-order valence-corrected chi connectivity index (χ2v) is 7.31. The number of hydrogen-bond acceptors (Lipinski definition) is 3. The lowest BCUT2D eigenvalue weighted by molar-refractivity contribution is 0.0969. The highest BCUT2D eigenvalue weighted by atomic mass is 32.2. The predicted octanol–water partition coefficient (Wildman–Crippen LogP) is 3.35. The number of sulfone groups is 1. The minimum Gasteiger partial charge on any atom is -0.294 e. The minimum atomic E-state index is -3.66. The van der Waals surface area contributed by atoms with Gasteiger partial charge in [0.25, 0.3) is 0 Å². The number of carbonyl (C=O) groups excluding carboxylic acids is 1. The maximum atomic E-state index is 12.9. The van der Waals surface area contributed by atoms with Crippen molar-refractivity contribution < 1.29 is 13.2 Å². The van der Waals surface area contributed by atoms with Gasteiger partial charge in [0.05, 0.1) is 9.79 Å². The molecule has 0 spiro atoms. The summed E-state index contributed by atoms with van der Waals surface area (Å²) in [6, 6.07) is 11.8. The van der Waals surface area contributed by atoms with Crippen molar-refractivity contribution in [2.45, 2.75) is 36.0 Å². The van der Waals surface area contributed by atoms with Gasteiger partial charge in [-0.05, 0) is 49.1 Å². The number of Topliss-reactive ketones (excluding diaryl/α,β-unsaturated/α-hetero) is 1. The van der Waals surface area contributed by atoms with Gasteiger partial charge in [-0.3, -0.25) is 4.79 Å². The molecule has 3 nitrogen and oxygen atoms in total. The quantitative estimate of drug-likeness (QED) is 0.854. The summed E-state index contributed by atoms with van der Waals surface area (Å²) in [5, 5.41) is 0. The Labute approximate surface area is 124 Å². The second-order valence-electron chi connectivity index (χ2n) is 5.39. The third-order valence-electron chi connectivity index (χ3n) is 3.80. The normalized spacial score (nSPS) is 14.8. The van der Waals surface area contributed by atoms with Gasteiger partial charge in [-0.25, -0.2) is 8.42 Å². The number of hydrogen-bond donors (Lipinski definition) is 0. The molecule has 1 aliphatic rings. The third kappa shape index (κ3) is 2.40. The number of benzene rings is 2. The van der Waals surface area contributed by atoms with Crippen LogP contribution in [0.5, 0.6) is 0 Å². The molecule has 0 saturated carbocycles. The molecule has 4 heteroatoms. The Morgan fingerprint density at radius 2 is 1.71 bits per heavy atom. The molecule has 0 unspecified atom stereocenters. The Bertz CT molecular complexity index is 805. The molecule has 0 aliphatic heterocycles. The van der Waals surface area contributed by atoms with Crippen molar-refractivity contribution in [2.24, 2.45) is 0 Å². The Balaban J connectivity index is 2.28. The molecule has 0 saturated heterocycles. The second kappa shape index (κ2) is 5.11. The molecule has 108 valence electrons. The Kier molecular flexibility index (Phi) is 3.41. The smallest absolute Gasteiger partial charge is 0.207 e. The van der Waals surface area contributed by atoms with Crippen LogP contribution in [0.15, 0.2) is 52.3 Å². The van der Waals surface area contributed by atoms with E-state index in [9.17, 15) is 13.2 Å². The summed E-state index contributed by atoms with van der Waals surface area (Å²) < 4.78 is 25.7. The van der Waals surface area contributed by atoms with E-state index in [-0.39, 0.29) is 15.6 Å². The number of fused-ring (bicyclic) bond motifs is 1. The summed E-state index contributed by atoms with van der Waals surface area (Å²) in [6.45, 7) is 1.86. The van der Waals surface area contributed by atoms with Crippen LogP contribution >= 0.6 is 0 Å². The summed E-state index contributed by atoms with van der Waals surface area (Å²) in [5.41, 5.74) is 2.13. The first-order valence-corrected chi connectivity index (χ1v) is 8.45. The molecular weight excluding hydrogens is 284 g/mol. The van der Waals surface area contributed by atoms with E-state index in [2.05, 4.69) is 0 Å². The highest BCUT2D eigenvalue weighted by molar-refractivity contribution is 7.91. The average Bonchev–Trinajstić information content (AvgIpc) is 2.47. The van der Waals surface area contributed by atoms with Gasteiger partial charge in [0.1, 0.15) is 0 Å². The molecule has 0 N–H and O–H groups in total. The molecule has 21 heavy (non-hydrogen) atoms. The fourth-order valence-electron chi connectivity index (χ4n) is 2.84. The number of carbonyl (C=O) groups is 1. The van der Waals surface area contributed by atoms with Gasteiger partial charge in [-0.1, -0.05) is 24.3 Å². The SMILES string of the molecule is Cc1cc2c(c(S(=O)(=O)c3ccccc3)c1)C(=O)CCC2. The lowest BCUT2D eigenvalue weighted by atomic mass is 9.89. The monoisotopic (exact) mass is 300 g/mol. The van der Waals surface area contributed by atoms with Gasteiger partial charge in [0.15, 0.2) is 5.78 Å². The average molecular weight is 300 g/mol. The van der Waals surface area contributed by atoms with Gasteiger partial charge in [0, 0.05) is 12.0 Å². The number of ketones is 1. The van der Waals surface area contributed by atoms with Crippen molar-refractivity contribution in [1.29, 1.82) is 0 Å². The van der Waals surface area contributed by atoms with Crippen molar-refractivity contribution in [3.05, 3.63) is 59.2 Å². The van der Waals surface area contributed by atoms with E-state index in [1.807, 2.05) is 13.0 Å². The van der Waals surface area contributed by atoms with E-state index >= 15 is 0 Å². The number of aryl methyl sites for hydroxylation is 2. The van der Waals surface area contributed by atoms with E-state index in [1.54, 1.807) is 36.4 Å². The van der Waals surface area contributed by atoms with Gasteiger partial charge in [-0.15, -0.1) is 0 Å². The van der Waals surface area contributed by atoms with E-state index in [4.69, 9.17) is 0 Å². The van der Waals surface area contributed by atoms with Crippen molar-refractivity contribution >= 4 is 15.6 Å². The van der Waals surface area contributed by atoms with E-state index in [0.717, 1.165) is 24.0 Å². The molecule has 2 aromatic carbocycles. The van der Waals surface area contributed by atoms with Gasteiger partial charge in [0.2, 0.25) is 9.84 Å². The highest BCUT2D eigenvalue weighted by Crippen LogP contribution is 2.32. The molecule has 0 fully saturated rings. The van der Waals surface area contributed by atoms with Crippen molar-refractivity contribution in [3.63, 3.8) is 0 Å². The highest BCUT2D eigenvalue weighted by Gasteiger charge is 2.28. The molecule has 1 aliphatic carbocycles. The minimum absolute atomic E-state index is 0.0641. The first kappa shape index (κ1) is 14.0. The molecule has 0 amide bonds. The maximum absolute atomic E-state index is 12.9. The zero-order valence-corrected chi connectivity index (χ0v) is 12.6. The van der Waals surface area contributed by atoms with Crippen LogP contribution in [0.1, 0.15) is 34.3 Å². The molecule has 0 bridgehead atoms. The Morgan fingerprint density at radius 3 is 2.43 bits per heavy atom. The molecule has 2 aromatic rings. The lowest BCUT2D eigenvalue weighted by Gasteiger charge is -2.19. The molecular formula is C17H16O3S. The summed E-state index contributed by atoms with van der Waals surface area (Å²) in [5.74, 6) is -0.0641. The van der Waals surface area contributed by atoms with Crippen LogP contribution < -0.4 is 0 Å². The molecule has 0 atom stereocenters. The van der Waals surface area contributed by atoms with Crippen molar-refractivity contribution in [2.75, 3.05) is 0 Å². The van der Waals surface area contributed by atoms with Crippen LogP contribution in [0.2, 0.25) is 0 Å². The van der Waals surface area contributed by atoms with E-state index in [1.165, 1.54) is 0 Å². The van der Waals surface area contributed by atoms with Crippen LogP contribution in [0.4, 0.5) is 0 Å². The topological polar surface area (TPSA) is 51.2 Å². The largest absolute Gasteiger partial charge is 0.294 e. The molecule has 0 heterocycles. The van der Waals surface area contributed by atoms with Crippen LogP contribution in [-0.2, 0) is 16.3 Å². The molecule has 3 rings (SSSR count). The Hall–Kier alpha value is -1.94. The standard InChI is InChI=1S/C17H16O3S/c1-12-10-13-6-5-9-15(18)17(13)16(11-12)21(19,20)14-7-3-2-4-8-14/h2-4,7-8,10-11H,5-6,9H2,1H3. The third-order valence-corrected chi connectivity index (χ3v) is 5.59. The predicted molar refractivity (Wildman–Crippen MR) is 80.3 cm³/mol. The summed E-state index contributed by atoms with van der Waals surface area (Å²) in [7, 11) is -3.66. The van der Waals surface area contributed by atoms with Gasteiger partial charge < -0.3 is 0 Å². The Morgan fingerprint density at radius 1 is 1.00 bits per heavy atom.